The molecular weight excluding hydrogens is 407 g/mol. The lowest BCUT2D eigenvalue weighted by atomic mass is 10.0. The van der Waals surface area contributed by atoms with E-state index < -0.39 is 6.04 Å². The summed E-state index contributed by atoms with van der Waals surface area (Å²) in [5.41, 5.74) is 1.44. The second-order valence-corrected chi connectivity index (χ2v) is 7.93. The zero-order valence-corrected chi connectivity index (χ0v) is 18.2. The normalized spacial score (nSPS) is 11.7. The molecule has 0 radical (unpaired) electrons. The molecule has 1 atom stereocenters. The quantitative estimate of drug-likeness (QED) is 0.424. The summed E-state index contributed by atoms with van der Waals surface area (Å²) in [6.45, 7) is 2.16. The highest BCUT2D eigenvalue weighted by Gasteiger charge is 2.22. The number of hydrogen-bond donors (Lipinski definition) is 2. The van der Waals surface area contributed by atoms with Crippen LogP contribution in [-0.2, 0) is 16.0 Å². The minimum Gasteiger partial charge on any atom is -0.344 e. The molecule has 1 unspecified atom stereocenters. The predicted octanol–water partition coefficient (Wildman–Crippen LogP) is 6.02. The first-order valence-corrected chi connectivity index (χ1v) is 10.8. The van der Waals surface area contributed by atoms with Crippen LogP contribution in [0.1, 0.15) is 51.0 Å². The molecule has 0 aromatic heterocycles. The molecular formula is C23H28Cl2N2O2. The Kier molecular flexibility index (Phi) is 10.0. The molecule has 2 aromatic rings. The van der Waals surface area contributed by atoms with Gasteiger partial charge < -0.3 is 10.6 Å². The topological polar surface area (TPSA) is 58.2 Å². The van der Waals surface area contributed by atoms with Crippen molar-refractivity contribution in [2.45, 2.75) is 57.9 Å². The van der Waals surface area contributed by atoms with Crippen LogP contribution in [0, 0.1) is 0 Å². The van der Waals surface area contributed by atoms with Gasteiger partial charge in [-0.05, 0) is 30.2 Å². The number of benzene rings is 2. The molecule has 4 nitrogen and oxygen atoms in total. The first-order valence-electron chi connectivity index (χ1n) is 10.1. The highest BCUT2D eigenvalue weighted by atomic mass is 35.5. The lowest BCUT2D eigenvalue weighted by Crippen LogP contribution is -2.45. The van der Waals surface area contributed by atoms with Crippen molar-refractivity contribution < 1.29 is 9.59 Å². The minimum absolute atomic E-state index is 0.111. The van der Waals surface area contributed by atoms with Gasteiger partial charge in [0, 0.05) is 17.9 Å². The van der Waals surface area contributed by atoms with E-state index in [1.54, 1.807) is 18.2 Å². The summed E-state index contributed by atoms with van der Waals surface area (Å²) in [5.74, 6) is -0.419. The van der Waals surface area contributed by atoms with Gasteiger partial charge in [-0.3, -0.25) is 9.59 Å². The van der Waals surface area contributed by atoms with Crippen molar-refractivity contribution in [1.82, 2.24) is 5.32 Å². The van der Waals surface area contributed by atoms with E-state index in [1.807, 2.05) is 30.3 Å². The fourth-order valence-corrected chi connectivity index (χ4v) is 3.48. The molecule has 2 aromatic carbocycles. The Morgan fingerprint density at radius 3 is 2.38 bits per heavy atom. The zero-order chi connectivity index (χ0) is 21.1. The van der Waals surface area contributed by atoms with E-state index in [0.717, 1.165) is 24.8 Å². The number of nitrogens with one attached hydrogen (secondary N) is 2. The molecule has 29 heavy (non-hydrogen) atoms. The van der Waals surface area contributed by atoms with Crippen molar-refractivity contribution in [3.8, 4) is 0 Å². The molecule has 0 aliphatic carbocycles. The molecule has 0 bridgehead atoms. The van der Waals surface area contributed by atoms with Gasteiger partial charge in [0.1, 0.15) is 6.04 Å². The van der Waals surface area contributed by atoms with Crippen molar-refractivity contribution in [2.24, 2.45) is 0 Å². The summed E-state index contributed by atoms with van der Waals surface area (Å²) >= 11 is 12.1. The van der Waals surface area contributed by atoms with Crippen molar-refractivity contribution >= 4 is 40.7 Å². The zero-order valence-electron chi connectivity index (χ0n) is 16.7. The van der Waals surface area contributed by atoms with Crippen LogP contribution in [0.3, 0.4) is 0 Å². The predicted molar refractivity (Wildman–Crippen MR) is 121 cm³/mol. The number of carbonyl (C=O) groups is 2. The lowest BCUT2D eigenvalue weighted by Gasteiger charge is -2.19. The van der Waals surface area contributed by atoms with Crippen LogP contribution >= 0.6 is 23.2 Å². The van der Waals surface area contributed by atoms with Crippen molar-refractivity contribution in [3.63, 3.8) is 0 Å². The van der Waals surface area contributed by atoms with Crippen LogP contribution in [-0.4, -0.2) is 17.9 Å². The molecule has 0 aliphatic heterocycles. The van der Waals surface area contributed by atoms with E-state index in [9.17, 15) is 9.59 Å². The van der Waals surface area contributed by atoms with Gasteiger partial charge in [0.05, 0.1) is 10.7 Å². The molecule has 6 heteroatoms. The molecule has 0 heterocycles. The summed E-state index contributed by atoms with van der Waals surface area (Å²) in [5, 5.41) is 6.53. The third-order valence-electron chi connectivity index (χ3n) is 4.63. The van der Waals surface area contributed by atoms with Gasteiger partial charge in [0.25, 0.3) is 0 Å². The van der Waals surface area contributed by atoms with Crippen LogP contribution in [0.25, 0.3) is 0 Å². The molecule has 156 valence electrons. The molecule has 2 amide bonds. The van der Waals surface area contributed by atoms with Gasteiger partial charge in [0.2, 0.25) is 11.8 Å². The van der Waals surface area contributed by atoms with Crippen molar-refractivity contribution in [1.29, 1.82) is 0 Å². The fourth-order valence-electron chi connectivity index (χ4n) is 3.03. The van der Waals surface area contributed by atoms with Crippen molar-refractivity contribution in [3.05, 3.63) is 64.1 Å². The van der Waals surface area contributed by atoms with Crippen LogP contribution in [0.2, 0.25) is 10.0 Å². The van der Waals surface area contributed by atoms with Crippen LogP contribution in [0.5, 0.6) is 0 Å². The van der Waals surface area contributed by atoms with Gasteiger partial charge >= 0.3 is 0 Å². The maximum absolute atomic E-state index is 12.9. The summed E-state index contributed by atoms with van der Waals surface area (Å²) in [6.07, 6.45) is 6.16. The minimum atomic E-state index is -0.688. The van der Waals surface area contributed by atoms with Gasteiger partial charge in [0.15, 0.2) is 0 Å². The van der Waals surface area contributed by atoms with Gasteiger partial charge in [-0.15, -0.1) is 0 Å². The Bertz CT molecular complexity index is 797. The summed E-state index contributed by atoms with van der Waals surface area (Å²) in [6, 6.07) is 13.8. The third-order valence-corrected chi connectivity index (χ3v) is 5.18. The third kappa shape index (κ3) is 8.46. The maximum atomic E-state index is 12.9. The van der Waals surface area contributed by atoms with E-state index in [2.05, 4.69) is 17.6 Å². The van der Waals surface area contributed by atoms with Crippen molar-refractivity contribution in [2.75, 3.05) is 5.32 Å². The lowest BCUT2D eigenvalue weighted by molar-refractivity contribution is -0.126. The molecule has 0 spiro atoms. The number of halogens is 2. The van der Waals surface area contributed by atoms with Crippen LogP contribution < -0.4 is 10.6 Å². The van der Waals surface area contributed by atoms with E-state index in [1.165, 1.54) is 12.8 Å². The highest BCUT2D eigenvalue weighted by molar-refractivity contribution is 6.36. The van der Waals surface area contributed by atoms with Gasteiger partial charge in [-0.1, -0.05) is 86.1 Å². The number of amides is 2. The summed E-state index contributed by atoms with van der Waals surface area (Å²) in [4.78, 5) is 25.3. The summed E-state index contributed by atoms with van der Waals surface area (Å²) in [7, 11) is 0. The van der Waals surface area contributed by atoms with E-state index in [0.29, 0.717) is 28.6 Å². The molecule has 0 fully saturated rings. The van der Waals surface area contributed by atoms with Gasteiger partial charge in [-0.25, -0.2) is 0 Å². The van der Waals surface area contributed by atoms with Crippen LogP contribution in [0.4, 0.5) is 5.69 Å². The highest BCUT2D eigenvalue weighted by Crippen LogP contribution is 2.25. The Balaban J connectivity index is 2.01. The Morgan fingerprint density at radius 1 is 0.966 bits per heavy atom. The SMILES string of the molecule is CCCCCCCC(=O)NC(Cc1ccccc1)C(=O)Nc1ccc(Cl)cc1Cl. The standard InChI is InChI=1S/C23H28Cl2N2O2/c1-2-3-4-5-9-12-22(28)26-21(15-17-10-7-6-8-11-17)23(29)27-20-14-13-18(24)16-19(20)25/h6-8,10-11,13-14,16,21H,2-5,9,12,15H2,1H3,(H,26,28)(H,27,29). The van der Waals surface area contributed by atoms with E-state index in [-0.39, 0.29) is 11.8 Å². The Morgan fingerprint density at radius 2 is 1.69 bits per heavy atom. The fraction of sp³-hybridized carbons (Fsp3) is 0.391. The average Bonchev–Trinajstić information content (AvgIpc) is 2.70. The molecule has 2 N–H and O–H groups in total. The first-order chi connectivity index (χ1) is 14.0. The smallest absolute Gasteiger partial charge is 0.247 e. The number of hydrogen-bond acceptors (Lipinski definition) is 2. The number of carbonyl (C=O) groups excluding carboxylic acids is 2. The molecule has 0 aliphatic rings. The summed E-state index contributed by atoms with van der Waals surface area (Å²) < 4.78 is 0. The monoisotopic (exact) mass is 434 g/mol. The van der Waals surface area contributed by atoms with Crippen LogP contribution in [0.15, 0.2) is 48.5 Å². The maximum Gasteiger partial charge on any atom is 0.247 e. The average molecular weight is 435 g/mol. The molecule has 0 saturated carbocycles. The molecule has 2 rings (SSSR count). The number of unbranched alkanes of at least 4 members (excludes halogenated alkanes) is 4. The largest absolute Gasteiger partial charge is 0.344 e. The van der Waals surface area contributed by atoms with E-state index in [4.69, 9.17) is 23.2 Å². The first kappa shape index (κ1) is 23.2. The molecule has 0 saturated heterocycles. The second kappa shape index (κ2) is 12.5. The van der Waals surface area contributed by atoms with Gasteiger partial charge in [-0.2, -0.15) is 0 Å². The second-order valence-electron chi connectivity index (χ2n) is 7.09. The Hall–Kier alpha value is -2.04. The number of rotatable bonds is 11. The van der Waals surface area contributed by atoms with E-state index >= 15 is 0 Å². The number of anilines is 1. The Labute approximate surface area is 183 Å².